The molecule has 1 unspecified atom stereocenters. The molecule has 26 heavy (non-hydrogen) atoms. The number of benzene rings is 1. The van der Waals surface area contributed by atoms with Gasteiger partial charge in [-0.3, -0.25) is 14.4 Å². The number of allylic oxidation sites excluding steroid dienone is 1. The average Bonchev–Trinajstić information content (AvgIpc) is 2.61. The van der Waals surface area contributed by atoms with Crippen LogP contribution in [0.25, 0.3) is 0 Å². The quantitative estimate of drug-likeness (QED) is 0.417. The van der Waals surface area contributed by atoms with E-state index >= 15 is 0 Å². The number of nitrogens with one attached hydrogen (secondary N) is 2. The summed E-state index contributed by atoms with van der Waals surface area (Å²) in [4.78, 5) is 35.0. The van der Waals surface area contributed by atoms with Crippen LogP contribution in [0.1, 0.15) is 57.4 Å². The lowest BCUT2D eigenvalue weighted by molar-refractivity contribution is -0.123. The Balaban J connectivity index is 2.45. The predicted octanol–water partition coefficient (Wildman–Crippen LogP) is 2.36. The summed E-state index contributed by atoms with van der Waals surface area (Å²) >= 11 is 0. The van der Waals surface area contributed by atoms with Crippen molar-refractivity contribution in [2.45, 2.75) is 51.9 Å². The minimum Gasteiger partial charge on any atom is -0.364 e. The Morgan fingerprint density at radius 3 is 2.46 bits per heavy atom. The Hall–Kier alpha value is -2.63. The first kappa shape index (κ1) is 21.4. The van der Waals surface area contributed by atoms with E-state index in [4.69, 9.17) is 5.73 Å². The van der Waals surface area contributed by atoms with Gasteiger partial charge >= 0.3 is 0 Å². The Morgan fingerprint density at radius 2 is 1.85 bits per heavy atom. The largest absolute Gasteiger partial charge is 0.364 e. The van der Waals surface area contributed by atoms with E-state index in [-0.39, 0.29) is 29.9 Å². The highest BCUT2D eigenvalue weighted by Crippen LogP contribution is 2.18. The molecule has 0 fully saturated rings. The van der Waals surface area contributed by atoms with E-state index in [1.54, 1.807) is 6.08 Å². The zero-order valence-electron chi connectivity index (χ0n) is 15.6. The summed E-state index contributed by atoms with van der Waals surface area (Å²) in [6, 6.07) is 9.72. The van der Waals surface area contributed by atoms with Gasteiger partial charge < -0.3 is 16.4 Å². The second-order valence-electron chi connectivity index (χ2n) is 6.29. The molecule has 1 aromatic rings. The highest BCUT2D eigenvalue weighted by molar-refractivity contribution is 5.96. The molecule has 0 saturated carbocycles. The third kappa shape index (κ3) is 8.46. The van der Waals surface area contributed by atoms with Crippen molar-refractivity contribution in [1.82, 2.24) is 10.6 Å². The van der Waals surface area contributed by atoms with E-state index in [2.05, 4.69) is 10.6 Å². The topological polar surface area (TPSA) is 101 Å². The monoisotopic (exact) mass is 359 g/mol. The fourth-order valence-electron chi connectivity index (χ4n) is 2.48. The summed E-state index contributed by atoms with van der Waals surface area (Å²) in [5.74, 6) is -0.850. The van der Waals surface area contributed by atoms with Crippen LogP contribution in [0.15, 0.2) is 42.1 Å². The van der Waals surface area contributed by atoms with Gasteiger partial charge in [-0.1, -0.05) is 50.3 Å². The SMILES string of the molecule is CCCC(=O)NCCCC=C(NC(=O)CC(C)c1ccccc1)C(N)=O. The molecule has 0 aliphatic heterocycles. The van der Waals surface area contributed by atoms with Gasteiger partial charge in [0, 0.05) is 19.4 Å². The minimum atomic E-state index is -0.666. The Bertz CT molecular complexity index is 626. The normalized spacial score (nSPS) is 12.3. The lowest BCUT2D eigenvalue weighted by Crippen LogP contribution is -2.32. The number of carbonyl (C=O) groups is 3. The maximum atomic E-state index is 12.2. The second kappa shape index (κ2) is 11.8. The van der Waals surface area contributed by atoms with Gasteiger partial charge in [0.2, 0.25) is 11.8 Å². The summed E-state index contributed by atoms with van der Waals surface area (Å²) in [5, 5.41) is 5.40. The van der Waals surface area contributed by atoms with Gasteiger partial charge in [-0.15, -0.1) is 0 Å². The maximum absolute atomic E-state index is 12.2. The summed E-state index contributed by atoms with van der Waals surface area (Å²) in [7, 11) is 0. The van der Waals surface area contributed by atoms with Gasteiger partial charge in [-0.25, -0.2) is 0 Å². The number of unbranched alkanes of at least 4 members (excludes halogenated alkanes) is 1. The van der Waals surface area contributed by atoms with Gasteiger partial charge in [-0.2, -0.15) is 0 Å². The van der Waals surface area contributed by atoms with Crippen LogP contribution in [0, 0.1) is 0 Å². The van der Waals surface area contributed by atoms with Crippen molar-refractivity contribution in [3.63, 3.8) is 0 Å². The first-order valence-electron chi connectivity index (χ1n) is 9.05. The lowest BCUT2D eigenvalue weighted by Gasteiger charge is -2.12. The first-order valence-corrected chi connectivity index (χ1v) is 9.05. The van der Waals surface area contributed by atoms with Crippen molar-refractivity contribution >= 4 is 17.7 Å². The minimum absolute atomic E-state index is 0.0230. The molecule has 1 atom stereocenters. The van der Waals surface area contributed by atoms with Gasteiger partial charge in [0.25, 0.3) is 5.91 Å². The van der Waals surface area contributed by atoms with Crippen molar-refractivity contribution in [1.29, 1.82) is 0 Å². The van der Waals surface area contributed by atoms with E-state index < -0.39 is 5.91 Å². The molecule has 0 radical (unpaired) electrons. The van der Waals surface area contributed by atoms with E-state index in [1.165, 1.54) is 0 Å². The number of hydrogen-bond acceptors (Lipinski definition) is 3. The number of amides is 3. The predicted molar refractivity (Wildman–Crippen MR) is 102 cm³/mol. The number of hydrogen-bond donors (Lipinski definition) is 3. The van der Waals surface area contributed by atoms with Crippen LogP contribution in [-0.4, -0.2) is 24.3 Å². The smallest absolute Gasteiger partial charge is 0.264 e. The third-order valence-electron chi connectivity index (χ3n) is 3.93. The van der Waals surface area contributed by atoms with Crippen molar-refractivity contribution < 1.29 is 14.4 Å². The van der Waals surface area contributed by atoms with E-state index in [0.717, 1.165) is 12.0 Å². The second-order valence-corrected chi connectivity index (χ2v) is 6.29. The summed E-state index contributed by atoms with van der Waals surface area (Å²) in [6.45, 7) is 4.44. The Kier molecular flexibility index (Phi) is 9.75. The van der Waals surface area contributed by atoms with Crippen LogP contribution < -0.4 is 16.4 Å². The fourth-order valence-corrected chi connectivity index (χ4v) is 2.48. The maximum Gasteiger partial charge on any atom is 0.264 e. The third-order valence-corrected chi connectivity index (χ3v) is 3.93. The van der Waals surface area contributed by atoms with Crippen LogP contribution in [-0.2, 0) is 14.4 Å². The summed E-state index contributed by atoms with van der Waals surface area (Å²) in [5.41, 5.74) is 6.51. The molecule has 1 aromatic carbocycles. The van der Waals surface area contributed by atoms with Gasteiger partial charge in [0.1, 0.15) is 5.70 Å². The molecule has 4 N–H and O–H groups in total. The van der Waals surface area contributed by atoms with Crippen LogP contribution in [0.3, 0.4) is 0 Å². The highest BCUT2D eigenvalue weighted by Gasteiger charge is 2.14. The van der Waals surface area contributed by atoms with Crippen LogP contribution >= 0.6 is 0 Å². The van der Waals surface area contributed by atoms with E-state index in [1.807, 2.05) is 44.2 Å². The number of rotatable bonds is 11. The van der Waals surface area contributed by atoms with Crippen molar-refractivity contribution in [3.05, 3.63) is 47.7 Å². The van der Waals surface area contributed by atoms with Gasteiger partial charge in [0.15, 0.2) is 0 Å². The molecule has 0 heterocycles. The molecular formula is C20H29N3O3. The average molecular weight is 359 g/mol. The van der Waals surface area contributed by atoms with Crippen molar-refractivity contribution in [3.8, 4) is 0 Å². The molecule has 0 aromatic heterocycles. The molecule has 6 nitrogen and oxygen atoms in total. The first-order chi connectivity index (χ1) is 12.4. The molecule has 6 heteroatoms. The number of carbonyl (C=O) groups excluding carboxylic acids is 3. The molecule has 142 valence electrons. The zero-order valence-corrected chi connectivity index (χ0v) is 15.6. The van der Waals surface area contributed by atoms with Crippen molar-refractivity contribution in [2.75, 3.05) is 6.54 Å². The van der Waals surface area contributed by atoms with E-state index in [0.29, 0.717) is 25.8 Å². The van der Waals surface area contributed by atoms with Crippen LogP contribution in [0.4, 0.5) is 0 Å². The van der Waals surface area contributed by atoms with Crippen molar-refractivity contribution in [2.24, 2.45) is 5.73 Å². The molecule has 0 spiro atoms. The number of nitrogens with two attached hydrogens (primary N) is 1. The Morgan fingerprint density at radius 1 is 1.15 bits per heavy atom. The molecule has 0 saturated heterocycles. The molecule has 3 amide bonds. The summed E-state index contributed by atoms with van der Waals surface area (Å²) in [6.07, 6.45) is 4.41. The van der Waals surface area contributed by atoms with Gasteiger partial charge in [-0.05, 0) is 30.7 Å². The summed E-state index contributed by atoms with van der Waals surface area (Å²) < 4.78 is 0. The zero-order chi connectivity index (χ0) is 19.4. The Labute approximate surface area is 155 Å². The molecule has 1 rings (SSSR count). The molecule has 0 aliphatic carbocycles. The van der Waals surface area contributed by atoms with Crippen LogP contribution in [0.2, 0.25) is 0 Å². The van der Waals surface area contributed by atoms with Gasteiger partial charge in [0.05, 0.1) is 0 Å². The standard InChI is InChI=1S/C20H29N3O3/c1-3-9-18(24)22-13-8-7-12-17(20(21)26)23-19(25)14-15(2)16-10-5-4-6-11-16/h4-6,10-12,15H,3,7-9,13-14H2,1-2H3,(H2,21,26)(H,22,24)(H,23,25). The number of primary amides is 1. The molecule has 0 aliphatic rings. The highest BCUT2D eigenvalue weighted by atomic mass is 16.2. The fraction of sp³-hybridized carbons (Fsp3) is 0.450. The molecule has 0 bridgehead atoms. The molecular weight excluding hydrogens is 330 g/mol. The van der Waals surface area contributed by atoms with Crippen LogP contribution in [0.5, 0.6) is 0 Å². The van der Waals surface area contributed by atoms with E-state index in [9.17, 15) is 14.4 Å². The lowest BCUT2D eigenvalue weighted by atomic mass is 9.97.